The molecule has 0 aliphatic rings. The van der Waals surface area contributed by atoms with Crippen molar-refractivity contribution in [3.8, 4) is 0 Å². The number of nitrogens with one attached hydrogen (secondary N) is 1. The van der Waals surface area contributed by atoms with Crippen molar-refractivity contribution < 1.29 is 14.7 Å². The van der Waals surface area contributed by atoms with Gasteiger partial charge >= 0.3 is 0 Å². The van der Waals surface area contributed by atoms with Crippen molar-refractivity contribution in [1.29, 1.82) is 0 Å². The molecule has 0 aromatic heterocycles. The SMILES string of the molecule is CCCCCC=CCC=CCCCCCCCC(=O)CCCCCCCCCCCCCCCC(=O)NC[C@@H](O)CCCCCCCCCCCCCCCCCC. The molecule has 0 radical (unpaired) electrons. The molecule has 1 atom stereocenters. The summed E-state index contributed by atoms with van der Waals surface area (Å²) in [5.74, 6) is 0.588. The predicted molar refractivity (Wildman–Crippen MR) is 257 cm³/mol. The van der Waals surface area contributed by atoms with E-state index in [0.717, 1.165) is 57.8 Å². The first-order chi connectivity index (χ1) is 28.6. The van der Waals surface area contributed by atoms with Crippen molar-refractivity contribution in [2.24, 2.45) is 0 Å². The molecule has 0 rings (SSSR count). The molecule has 0 spiro atoms. The van der Waals surface area contributed by atoms with Crippen molar-refractivity contribution >= 4 is 11.7 Å². The van der Waals surface area contributed by atoms with Gasteiger partial charge in [0.15, 0.2) is 0 Å². The number of aliphatic hydroxyl groups is 1. The molecule has 0 saturated carbocycles. The quantitative estimate of drug-likeness (QED) is 0.0475. The van der Waals surface area contributed by atoms with Crippen LogP contribution in [0, 0.1) is 0 Å². The smallest absolute Gasteiger partial charge is 0.220 e. The van der Waals surface area contributed by atoms with Gasteiger partial charge in [-0.1, -0.05) is 244 Å². The molecule has 0 aliphatic carbocycles. The fourth-order valence-electron chi connectivity index (χ4n) is 8.16. The molecule has 0 unspecified atom stereocenters. The van der Waals surface area contributed by atoms with Crippen LogP contribution < -0.4 is 5.32 Å². The third kappa shape index (κ3) is 48.9. The Morgan fingerprint density at radius 2 is 0.707 bits per heavy atom. The number of unbranched alkanes of at least 4 members (excludes halogenated alkanes) is 35. The van der Waals surface area contributed by atoms with E-state index in [1.54, 1.807) is 0 Å². The van der Waals surface area contributed by atoms with E-state index in [2.05, 4.69) is 43.5 Å². The van der Waals surface area contributed by atoms with Gasteiger partial charge in [0, 0.05) is 25.8 Å². The minimum absolute atomic E-state index is 0.102. The summed E-state index contributed by atoms with van der Waals surface area (Å²) in [6.45, 7) is 4.95. The number of ketones is 1. The Morgan fingerprint density at radius 1 is 0.397 bits per heavy atom. The van der Waals surface area contributed by atoms with E-state index in [9.17, 15) is 14.7 Å². The van der Waals surface area contributed by atoms with Crippen LogP contribution in [0.4, 0.5) is 0 Å². The number of carbonyl (C=O) groups is 2. The molecule has 4 heteroatoms. The van der Waals surface area contributed by atoms with Gasteiger partial charge in [0.1, 0.15) is 5.78 Å². The average Bonchev–Trinajstić information content (AvgIpc) is 3.22. The monoisotopic (exact) mass is 814 g/mol. The molecule has 0 bridgehead atoms. The first-order valence-electron chi connectivity index (χ1n) is 26.4. The van der Waals surface area contributed by atoms with Crippen LogP contribution >= 0.6 is 0 Å². The number of hydrogen-bond acceptors (Lipinski definition) is 3. The minimum atomic E-state index is -0.401. The average molecular weight is 814 g/mol. The van der Waals surface area contributed by atoms with E-state index in [1.807, 2.05) is 0 Å². The van der Waals surface area contributed by atoms with Crippen LogP contribution in [-0.4, -0.2) is 29.4 Å². The third-order valence-corrected chi connectivity index (χ3v) is 12.2. The number of rotatable bonds is 49. The molecule has 0 saturated heterocycles. The summed E-state index contributed by atoms with van der Waals surface area (Å²) in [5, 5.41) is 13.2. The van der Waals surface area contributed by atoms with Crippen molar-refractivity contribution in [2.45, 2.75) is 302 Å². The molecule has 4 nitrogen and oxygen atoms in total. The van der Waals surface area contributed by atoms with E-state index >= 15 is 0 Å². The zero-order valence-corrected chi connectivity index (χ0v) is 39.5. The molecule has 0 aliphatic heterocycles. The number of carbonyl (C=O) groups excluding carboxylic acids is 2. The van der Waals surface area contributed by atoms with Gasteiger partial charge < -0.3 is 10.4 Å². The molecule has 0 aromatic carbocycles. The third-order valence-electron chi connectivity index (χ3n) is 12.2. The van der Waals surface area contributed by atoms with Crippen LogP contribution in [0.15, 0.2) is 24.3 Å². The van der Waals surface area contributed by atoms with Gasteiger partial charge in [0.25, 0.3) is 0 Å². The second-order valence-electron chi connectivity index (χ2n) is 18.2. The van der Waals surface area contributed by atoms with Crippen molar-refractivity contribution in [3.05, 3.63) is 24.3 Å². The van der Waals surface area contributed by atoms with Crippen molar-refractivity contribution in [1.82, 2.24) is 5.32 Å². The van der Waals surface area contributed by atoms with Gasteiger partial charge in [-0.3, -0.25) is 9.59 Å². The molecule has 0 aromatic rings. The molecular formula is C54H103NO3. The Kier molecular flexibility index (Phi) is 48.7. The standard InChI is InChI=1S/C54H103NO3/c1-3-5-7-9-11-13-15-17-19-21-24-29-33-37-41-45-49-53(57)51-55-54(58)50-46-42-38-34-30-26-22-25-28-32-36-40-44-48-52(56)47-43-39-35-31-27-23-20-18-16-14-12-10-8-6-4-2/h12,14,18,20,53,57H,3-11,13,15-17,19,21-51H2,1-2H3,(H,55,58)/t53-/m0/s1. The van der Waals surface area contributed by atoms with Crippen LogP contribution in [0.5, 0.6) is 0 Å². The van der Waals surface area contributed by atoms with Gasteiger partial charge in [-0.15, -0.1) is 0 Å². The number of aliphatic hydroxyl groups excluding tert-OH is 1. The summed E-state index contributed by atoms with van der Waals surface area (Å²) in [6, 6.07) is 0. The Balaban J connectivity index is 3.32. The van der Waals surface area contributed by atoms with Crippen LogP contribution in [0.1, 0.15) is 296 Å². The fourth-order valence-corrected chi connectivity index (χ4v) is 8.16. The van der Waals surface area contributed by atoms with Gasteiger partial charge in [0.05, 0.1) is 6.10 Å². The van der Waals surface area contributed by atoms with Crippen LogP contribution in [0.2, 0.25) is 0 Å². The normalized spacial score (nSPS) is 12.3. The van der Waals surface area contributed by atoms with E-state index in [4.69, 9.17) is 0 Å². The van der Waals surface area contributed by atoms with Crippen molar-refractivity contribution in [2.75, 3.05) is 6.54 Å². The molecule has 1 amide bonds. The molecular weight excluding hydrogens is 711 g/mol. The van der Waals surface area contributed by atoms with Gasteiger partial charge in [-0.05, 0) is 57.8 Å². The summed E-state index contributed by atoms with van der Waals surface area (Å²) >= 11 is 0. The number of hydrogen-bond donors (Lipinski definition) is 2. The zero-order chi connectivity index (χ0) is 42.1. The number of allylic oxidation sites excluding steroid dienone is 4. The summed E-state index contributed by atoms with van der Waals surface area (Å²) in [7, 11) is 0. The first-order valence-corrected chi connectivity index (χ1v) is 26.4. The maximum absolute atomic E-state index is 12.2. The largest absolute Gasteiger partial charge is 0.391 e. The fraction of sp³-hybridized carbons (Fsp3) is 0.889. The van der Waals surface area contributed by atoms with Crippen LogP contribution in [-0.2, 0) is 9.59 Å². The second-order valence-corrected chi connectivity index (χ2v) is 18.2. The Labute approximate surface area is 363 Å². The number of Topliss-reactive ketones (excluding diaryl/α,β-unsaturated/α-hetero) is 1. The highest BCUT2D eigenvalue weighted by Gasteiger charge is 2.07. The van der Waals surface area contributed by atoms with E-state index in [-0.39, 0.29) is 5.91 Å². The van der Waals surface area contributed by atoms with Crippen LogP contribution in [0.25, 0.3) is 0 Å². The summed E-state index contributed by atoms with van der Waals surface area (Å²) in [6.07, 6.45) is 63.4. The lowest BCUT2D eigenvalue weighted by Crippen LogP contribution is -2.31. The summed E-state index contributed by atoms with van der Waals surface area (Å²) in [5.41, 5.74) is 0. The van der Waals surface area contributed by atoms with Gasteiger partial charge in [-0.2, -0.15) is 0 Å². The Morgan fingerprint density at radius 3 is 1.12 bits per heavy atom. The Bertz CT molecular complexity index is 882. The highest BCUT2D eigenvalue weighted by atomic mass is 16.3. The topological polar surface area (TPSA) is 66.4 Å². The molecule has 2 N–H and O–H groups in total. The summed E-state index contributed by atoms with van der Waals surface area (Å²) in [4.78, 5) is 24.4. The van der Waals surface area contributed by atoms with Crippen molar-refractivity contribution in [3.63, 3.8) is 0 Å². The minimum Gasteiger partial charge on any atom is -0.391 e. The lowest BCUT2D eigenvalue weighted by molar-refractivity contribution is -0.121. The Hall–Kier alpha value is -1.42. The van der Waals surface area contributed by atoms with Gasteiger partial charge in [0.2, 0.25) is 5.91 Å². The maximum Gasteiger partial charge on any atom is 0.220 e. The lowest BCUT2D eigenvalue weighted by Gasteiger charge is -2.12. The predicted octanol–water partition coefficient (Wildman–Crippen LogP) is 17.3. The molecule has 0 fully saturated rings. The van der Waals surface area contributed by atoms with Gasteiger partial charge in [-0.25, -0.2) is 0 Å². The molecule has 342 valence electrons. The van der Waals surface area contributed by atoms with E-state index in [1.165, 1.54) is 218 Å². The number of amides is 1. The lowest BCUT2D eigenvalue weighted by atomic mass is 10.0. The van der Waals surface area contributed by atoms with E-state index in [0.29, 0.717) is 18.7 Å². The highest BCUT2D eigenvalue weighted by molar-refractivity contribution is 5.78. The van der Waals surface area contributed by atoms with Crippen LogP contribution in [0.3, 0.4) is 0 Å². The molecule has 58 heavy (non-hydrogen) atoms. The first kappa shape index (κ1) is 56.6. The highest BCUT2D eigenvalue weighted by Crippen LogP contribution is 2.17. The van der Waals surface area contributed by atoms with E-state index < -0.39 is 6.10 Å². The summed E-state index contributed by atoms with van der Waals surface area (Å²) < 4.78 is 0. The second kappa shape index (κ2) is 49.9. The zero-order valence-electron chi connectivity index (χ0n) is 39.5. The molecule has 0 heterocycles. The maximum atomic E-state index is 12.2.